The Balaban J connectivity index is 1.44. The van der Waals surface area contributed by atoms with Gasteiger partial charge < -0.3 is 19.9 Å². The molecule has 1 N–H and O–H groups in total. The number of hydrogen-bond donors (Lipinski definition) is 1. The molecular weight excluding hydrogens is 294 g/mol. The highest BCUT2D eigenvalue weighted by Crippen LogP contribution is 2.29. The van der Waals surface area contributed by atoms with Gasteiger partial charge in [-0.1, -0.05) is 0 Å². The van der Waals surface area contributed by atoms with Crippen LogP contribution in [0.1, 0.15) is 32.1 Å². The monoisotopic (exact) mass is 321 g/mol. The first-order chi connectivity index (χ1) is 11.2. The van der Waals surface area contributed by atoms with Gasteiger partial charge in [-0.05, 0) is 43.9 Å². The number of nitrogens with zero attached hydrogens (tertiary/aromatic N) is 2. The van der Waals surface area contributed by atoms with Crippen molar-refractivity contribution in [1.82, 2.24) is 15.1 Å². The van der Waals surface area contributed by atoms with E-state index in [1.165, 1.54) is 0 Å². The molecule has 4 fully saturated rings. The van der Waals surface area contributed by atoms with Crippen molar-refractivity contribution < 1.29 is 14.3 Å². The second-order valence-electron chi connectivity index (χ2n) is 7.47. The van der Waals surface area contributed by atoms with Gasteiger partial charge in [0.25, 0.3) is 5.91 Å². The molecule has 128 valence electrons. The van der Waals surface area contributed by atoms with Crippen molar-refractivity contribution in [2.45, 2.75) is 44.2 Å². The number of carbonyl (C=O) groups excluding carboxylic acids is 2. The zero-order valence-corrected chi connectivity index (χ0v) is 13.7. The first-order valence-corrected chi connectivity index (χ1v) is 9.15. The molecule has 0 bridgehead atoms. The summed E-state index contributed by atoms with van der Waals surface area (Å²) in [6.45, 7) is 5.14. The molecule has 0 spiro atoms. The quantitative estimate of drug-likeness (QED) is 0.791. The number of ether oxygens (including phenoxy) is 1. The number of rotatable bonds is 2. The van der Waals surface area contributed by atoms with Crippen molar-refractivity contribution in [3.05, 3.63) is 0 Å². The predicted octanol–water partition coefficient (Wildman–Crippen LogP) is 0.224. The Morgan fingerprint density at radius 2 is 1.74 bits per heavy atom. The Hall–Kier alpha value is -1.14. The van der Waals surface area contributed by atoms with Gasteiger partial charge in [0.15, 0.2) is 0 Å². The minimum absolute atomic E-state index is 0.0432. The van der Waals surface area contributed by atoms with Gasteiger partial charge in [0.1, 0.15) is 12.1 Å². The summed E-state index contributed by atoms with van der Waals surface area (Å²) in [5.74, 6) is 1.42. The van der Waals surface area contributed by atoms with E-state index in [9.17, 15) is 9.59 Å². The molecule has 23 heavy (non-hydrogen) atoms. The molecule has 0 unspecified atom stereocenters. The topological polar surface area (TPSA) is 61.9 Å². The SMILES string of the molecule is O=C([C@H]1CCCCN1C(=O)[C@H]1CCCO1)N1C[C@H]2CNC[C@H]2C1. The normalized spacial score (nSPS) is 37.2. The van der Waals surface area contributed by atoms with Crippen LogP contribution in [0.2, 0.25) is 0 Å². The molecule has 4 atom stereocenters. The lowest BCUT2D eigenvalue weighted by molar-refractivity contribution is -0.153. The Morgan fingerprint density at radius 1 is 0.957 bits per heavy atom. The van der Waals surface area contributed by atoms with Gasteiger partial charge in [0, 0.05) is 39.3 Å². The summed E-state index contributed by atoms with van der Waals surface area (Å²) in [5, 5.41) is 3.41. The van der Waals surface area contributed by atoms with E-state index in [4.69, 9.17) is 4.74 Å². The van der Waals surface area contributed by atoms with E-state index in [0.29, 0.717) is 25.0 Å². The van der Waals surface area contributed by atoms with Crippen LogP contribution in [-0.2, 0) is 14.3 Å². The standard InChI is InChI=1S/C17H27N3O3/c21-16(19-10-12-8-18-9-13(12)11-19)14-4-1-2-6-20(14)17(22)15-5-3-7-23-15/h12-15,18H,1-11H2/t12-,13+,14-,15-/m1/s1. The number of likely N-dealkylation sites (tertiary alicyclic amines) is 2. The average molecular weight is 321 g/mol. The van der Waals surface area contributed by atoms with Crippen LogP contribution in [0.4, 0.5) is 0 Å². The number of hydrogen-bond acceptors (Lipinski definition) is 4. The van der Waals surface area contributed by atoms with Gasteiger partial charge in [-0.15, -0.1) is 0 Å². The average Bonchev–Trinajstić information content (AvgIpc) is 3.29. The molecular formula is C17H27N3O3. The number of piperidine rings is 1. The molecule has 4 rings (SSSR count). The number of amides is 2. The van der Waals surface area contributed by atoms with E-state index in [1.54, 1.807) is 0 Å². The molecule has 6 heteroatoms. The molecule has 0 saturated carbocycles. The summed E-state index contributed by atoms with van der Waals surface area (Å²) < 4.78 is 5.56. The van der Waals surface area contributed by atoms with Crippen LogP contribution in [0, 0.1) is 11.8 Å². The Bertz CT molecular complexity index is 466. The minimum Gasteiger partial charge on any atom is -0.368 e. The smallest absolute Gasteiger partial charge is 0.252 e. The Morgan fingerprint density at radius 3 is 2.43 bits per heavy atom. The van der Waals surface area contributed by atoms with Crippen LogP contribution in [0.5, 0.6) is 0 Å². The maximum absolute atomic E-state index is 13.0. The zero-order chi connectivity index (χ0) is 15.8. The third kappa shape index (κ3) is 2.87. The van der Waals surface area contributed by atoms with E-state index in [2.05, 4.69) is 5.32 Å². The molecule has 0 aromatic carbocycles. The predicted molar refractivity (Wildman–Crippen MR) is 84.8 cm³/mol. The van der Waals surface area contributed by atoms with Gasteiger partial charge in [-0.3, -0.25) is 9.59 Å². The maximum Gasteiger partial charge on any atom is 0.252 e. The lowest BCUT2D eigenvalue weighted by atomic mass is 9.99. The van der Waals surface area contributed by atoms with Crippen LogP contribution in [-0.4, -0.2) is 73.1 Å². The van der Waals surface area contributed by atoms with Gasteiger partial charge >= 0.3 is 0 Å². The highest BCUT2D eigenvalue weighted by molar-refractivity contribution is 5.90. The number of carbonyl (C=O) groups is 2. The first-order valence-electron chi connectivity index (χ1n) is 9.15. The Labute approximate surface area is 137 Å². The molecule has 4 saturated heterocycles. The second kappa shape index (κ2) is 6.40. The summed E-state index contributed by atoms with van der Waals surface area (Å²) in [7, 11) is 0. The molecule has 4 heterocycles. The summed E-state index contributed by atoms with van der Waals surface area (Å²) in [5.41, 5.74) is 0. The minimum atomic E-state index is -0.314. The zero-order valence-electron chi connectivity index (χ0n) is 13.7. The van der Waals surface area contributed by atoms with Crippen molar-refractivity contribution in [2.24, 2.45) is 11.8 Å². The number of fused-ring (bicyclic) bond motifs is 1. The summed E-state index contributed by atoms with van der Waals surface area (Å²) in [4.78, 5) is 29.6. The van der Waals surface area contributed by atoms with E-state index in [1.807, 2.05) is 9.80 Å². The molecule has 4 aliphatic heterocycles. The molecule has 0 radical (unpaired) electrons. The lowest BCUT2D eigenvalue weighted by Crippen LogP contribution is -2.55. The third-order valence-corrected chi connectivity index (χ3v) is 5.98. The highest BCUT2D eigenvalue weighted by atomic mass is 16.5. The van der Waals surface area contributed by atoms with Gasteiger partial charge in [0.2, 0.25) is 5.91 Å². The molecule has 4 aliphatic rings. The van der Waals surface area contributed by atoms with Crippen LogP contribution in [0.3, 0.4) is 0 Å². The molecule has 2 amide bonds. The number of nitrogens with one attached hydrogen (secondary N) is 1. The lowest BCUT2D eigenvalue weighted by Gasteiger charge is -2.38. The van der Waals surface area contributed by atoms with Crippen molar-refractivity contribution in [2.75, 3.05) is 39.3 Å². The van der Waals surface area contributed by atoms with E-state index >= 15 is 0 Å². The molecule has 6 nitrogen and oxygen atoms in total. The summed E-state index contributed by atoms with van der Waals surface area (Å²) in [6.07, 6.45) is 4.28. The second-order valence-corrected chi connectivity index (χ2v) is 7.47. The summed E-state index contributed by atoms with van der Waals surface area (Å²) >= 11 is 0. The fourth-order valence-corrected chi connectivity index (χ4v) is 4.66. The van der Waals surface area contributed by atoms with Crippen LogP contribution >= 0.6 is 0 Å². The summed E-state index contributed by atoms with van der Waals surface area (Å²) in [6, 6.07) is -0.257. The van der Waals surface area contributed by atoms with E-state index in [-0.39, 0.29) is 24.0 Å². The first kappa shape index (κ1) is 15.4. The van der Waals surface area contributed by atoms with Gasteiger partial charge in [-0.25, -0.2) is 0 Å². The Kier molecular flexibility index (Phi) is 4.28. The molecule has 0 aliphatic carbocycles. The van der Waals surface area contributed by atoms with Crippen LogP contribution in [0.25, 0.3) is 0 Å². The fraction of sp³-hybridized carbons (Fsp3) is 0.882. The van der Waals surface area contributed by atoms with Gasteiger partial charge in [-0.2, -0.15) is 0 Å². The molecule has 0 aromatic rings. The van der Waals surface area contributed by atoms with Crippen LogP contribution in [0.15, 0.2) is 0 Å². The van der Waals surface area contributed by atoms with E-state index < -0.39 is 0 Å². The van der Waals surface area contributed by atoms with Crippen molar-refractivity contribution in [3.63, 3.8) is 0 Å². The van der Waals surface area contributed by atoms with E-state index in [0.717, 1.165) is 58.3 Å². The third-order valence-electron chi connectivity index (χ3n) is 5.98. The fourth-order valence-electron chi connectivity index (χ4n) is 4.66. The van der Waals surface area contributed by atoms with Crippen molar-refractivity contribution >= 4 is 11.8 Å². The van der Waals surface area contributed by atoms with Crippen LogP contribution < -0.4 is 5.32 Å². The van der Waals surface area contributed by atoms with Gasteiger partial charge in [0.05, 0.1) is 0 Å². The molecule has 0 aromatic heterocycles. The largest absolute Gasteiger partial charge is 0.368 e. The maximum atomic E-state index is 13.0. The van der Waals surface area contributed by atoms with Crippen molar-refractivity contribution in [3.8, 4) is 0 Å². The van der Waals surface area contributed by atoms with Crippen molar-refractivity contribution in [1.29, 1.82) is 0 Å². The highest BCUT2D eigenvalue weighted by Gasteiger charge is 2.43.